The molecule has 5 nitrogen and oxygen atoms in total. The van der Waals surface area contributed by atoms with Crippen LogP contribution in [0.4, 0.5) is 11.4 Å². The Kier molecular flexibility index (Phi) is 4.36. The van der Waals surface area contributed by atoms with Crippen molar-refractivity contribution in [1.82, 2.24) is 0 Å². The number of amides is 1. The summed E-state index contributed by atoms with van der Waals surface area (Å²) in [4.78, 5) is 22.4. The Bertz CT molecular complexity index is 674. The van der Waals surface area contributed by atoms with E-state index in [1.54, 1.807) is 24.3 Å². The van der Waals surface area contributed by atoms with E-state index in [2.05, 4.69) is 21.2 Å². The zero-order valence-corrected chi connectivity index (χ0v) is 12.3. The van der Waals surface area contributed by atoms with Gasteiger partial charge in [0.25, 0.3) is 11.6 Å². The average molecular weight is 356 g/mol. The minimum atomic E-state index is -0.637. The van der Waals surface area contributed by atoms with E-state index in [-0.39, 0.29) is 16.3 Å². The molecule has 102 valence electrons. The number of rotatable bonds is 3. The molecule has 0 saturated heterocycles. The summed E-state index contributed by atoms with van der Waals surface area (Å²) in [6.07, 6.45) is 0. The highest BCUT2D eigenvalue weighted by atomic mass is 79.9. The topological polar surface area (TPSA) is 72.2 Å². The van der Waals surface area contributed by atoms with Crippen LogP contribution in [0.15, 0.2) is 46.9 Å². The van der Waals surface area contributed by atoms with Crippen molar-refractivity contribution in [3.05, 3.63) is 67.6 Å². The van der Waals surface area contributed by atoms with Gasteiger partial charge in [0, 0.05) is 21.2 Å². The molecule has 0 aliphatic rings. The van der Waals surface area contributed by atoms with Crippen molar-refractivity contribution in [3.63, 3.8) is 0 Å². The van der Waals surface area contributed by atoms with Gasteiger partial charge in [0.05, 0.1) is 4.92 Å². The van der Waals surface area contributed by atoms with E-state index in [1.165, 1.54) is 12.1 Å². The van der Waals surface area contributed by atoms with Gasteiger partial charge >= 0.3 is 0 Å². The van der Waals surface area contributed by atoms with Crippen molar-refractivity contribution in [2.75, 3.05) is 5.32 Å². The van der Waals surface area contributed by atoms with Crippen LogP contribution < -0.4 is 5.32 Å². The molecule has 0 atom stereocenters. The molecule has 0 spiro atoms. The van der Waals surface area contributed by atoms with Crippen LogP contribution >= 0.6 is 27.5 Å². The Morgan fingerprint density at radius 2 is 1.85 bits per heavy atom. The number of benzene rings is 2. The normalized spacial score (nSPS) is 10.1. The number of halogens is 2. The minimum absolute atomic E-state index is 0.0395. The molecular weight excluding hydrogens is 348 g/mol. The molecule has 2 aromatic carbocycles. The maximum absolute atomic E-state index is 12.1. The van der Waals surface area contributed by atoms with Gasteiger partial charge < -0.3 is 5.32 Å². The number of nitro benzene ring substituents is 1. The fraction of sp³-hybridized carbons (Fsp3) is 0. The molecule has 0 saturated carbocycles. The summed E-state index contributed by atoms with van der Waals surface area (Å²) in [5.41, 5.74) is 0.178. The monoisotopic (exact) mass is 354 g/mol. The van der Waals surface area contributed by atoms with Crippen molar-refractivity contribution in [1.29, 1.82) is 0 Å². The van der Waals surface area contributed by atoms with Gasteiger partial charge in [0.2, 0.25) is 0 Å². The molecule has 0 aliphatic carbocycles. The zero-order chi connectivity index (χ0) is 14.7. The minimum Gasteiger partial charge on any atom is -0.322 e. The van der Waals surface area contributed by atoms with Gasteiger partial charge in [-0.2, -0.15) is 0 Å². The predicted octanol–water partition coefficient (Wildman–Crippen LogP) is 4.26. The van der Waals surface area contributed by atoms with E-state index in [1.807, 2.05) is 0 Å². The first kappa shape index (κ1) is 14.5. The van der Waals surface area contributed by atoms with Crippen molar-refractivity contribution in [2.24, 2.45) is 0 Å². The largest absolute Gasteiger partial charge is 0.322 e. The van der Waals surface area contributed by atoms with E-state index >= 15 is 0 Å². The predicted molar refractivity (Wildman–Crippen MR) is 80.2 cm³/mol. The number of nitro groups is 1. The molecule has 0 aliphatic heterocycles. The van der Waals surface area contributed by atoms with Crippen molar-refractivity contribution >= 4 is 44.8 Å². The summed E-state index contributed by atoms with van der Waals surface area (Å²) >= 11 is 8.98. The quantitative estimate of drug-likeness (QED) is 0.660. The molecule has 0 unspecified atom stereocenters. The summed E-state index contributed by atoms with van der Waals surface area (Å²) in [5, 5.41) is 13.7. The lowest BCUT2D eigenvalue weighted by molar-refractivity contribution is -0.385. The van der Waals surface area contributed by atoms with Gasteiger partial charge in [-0.1, -0.05) is 27.5 Å². The first-order valence-corrected chi connectivity index (χ1v) is 6.65. The van der Waals surface area contributed by atoms with E-state index in [9.17, 15) is 14.9 Å². The number of nitrogens with zero attached hydrogens (tertiary/aromatic N) is 1. The van der Waals surface area contributed by atoms with E-state index in [0.717, 1.165) is 10.5 Å². The van der Waals surface area contributed by atoms with Crippen molar-refractivity contribution < 1.29 is 9.72 Å². The highest BCUT2D eigenvalue weighted by Gasteiger charge is 2.20. The third-order valence-electron chi connectivity index (χ3n) is 2.50. The molecule has 0 heterocycles. The summed E-state index contributed by atoms with van der Waals surface area (Å²) in [6.45, 7) is 0. The lowest BCUT2D eigenvalue weighted by atomic mass is 10.1. The Morgan fingerprint density at radius 1 is 1.20 bits per heavy atom. The van der Waals surface area contributed by atoms with Gasteiger partial charge in [-0.05, 0) is 36.4 Å². The maximum atomic E-state index is 12.1. The fourth-order valence-corrected chi connectivity index (χ4v) is 2.01. The number of nitrogens with one attached hydrogen (secondary N) is 1. The van der Waals surface area contributed by atoms with Crippen LogP contribution in [0.2, 0.25) is 5.02 Å². The van der Waals surface area contributed by atoms with Gasteiger partial charge in [-0.25, -0.2) is 0 Å². The molecule has 20 heavy (non-hydrogen) atoms. The van der Waals surface area contributed by atoms with Gasteiger partial charge in [-0.3, -0.25) is 14.9 Å². The van der Waals surface area contributed by atoms with Crippen LogP contribution in [0, 0.1) is 10.1 Å². The molecule has 0 aromatic heterocycles. The summed E-state index contributed by atoms with van der Waals surface area (Å²) in [6, 6.07) is 10.8. The lowest BCUT2D eigenvalue weighted by Gasteiger charge is -2.06. The molecule has 0 bridgehead atoms. The highest BCUT2D eigenvalue weighted by Crippen LogP contribution is 2.24. The second-order valence-corrected chi connectivity index (χ2v) is 5.23. The average Bonchev–Trinajstić information content (AvgIpc) is 2.41. The maximum Gasteiger partial charge on any atom is 0.283 e. The second kappa shape index (κ2) is 6.02. The molecular formula is C13H8BrClN2O3. The Balaban J connectivity index is 2.29. The SMILES string of the molecule is O=C(Nc1ccc(Br)cc1)c1ccc(Cl)cc1[N+](=O)[O-]. The van der Waals surface area contributed by atoms with E-state index in [4.69, 9.17) is 11.6 Å². The number of anilines is 1. The van der Waals surface area contributed by atoms with Crippen LogP contribution in [-0.4, -0.2) is 10.8 Å². The molecule has 2 aromatic rings. The fourth-order valence-electron chi connectivity index (χ4n) is 1.58. The molecule has 0 radical (unpaired) electrons. The van der Waals surface area contributed by atoms with Crippen LogP contribution in [0.5, 0.6) is 0 Å². The Hall–Kier alpha value is -1.92. The molecule has 2 rings (SSSR count). The van der Waals surface area contributed by atoms with Crippen LogP contribution in [0.1, 0.15) is 10.4 Å². The van der Waals surface area contributed by atoms with Crippen molar-refractivity contribution in [3.8, 4) is 0 Å². The zero-order valence-electron chi connectivity index (χ0n) is 9.97. The second-order valence-electron chi connectivity index (χ2n) is 3.88. The standard InChI is InChI=1S/C13H8BrClN2O3/c14-8-1-4-10(5-2-8)16-13(18)11-6-3-9(15)7-12(11)17(19)20/h1-7H,(H,16,18). The lowest BCUT2D eigenvalue weighted by Crippen LogP contribution is -2.13. The smallest absolute Gasteiger partial charge is 0.283 e. The molecule has 7 heteroatoms. The first-order chi connectivity index (χ1) is 9.47. The highest BCUT2D eigenvalue weighted by molar-refractivity contribution is 9.10. The van der Waals surface area contributed by atoms with Crippen LogP contribution in [0.3, 0.4) is 0 Å². The summed E-state index contributed by atoms with van der Waals surface area (Å²) in [5.74, 6) is -0.560. The molecule has 0 fully saturated rings. The summed E-state index contributed by atoms with van der Waals surface area (Å²) < 4.78 is 0.868. The van der Waals surface area contributed by atoms with Gasteiger partial charge in [-0.15, -0.1) is 0 Å². The number of carbonyl (C=O) groups excluding carboxylic acids is 1. The third kappa shape index (κ3) is 3.34. The van der Waals surface area contributed by atoms with E-state index < -0.39 is 10.8 Å². The van der Waals surface area contributed by atoms with Crippen LogP contribution in [-0.2, 0) is 0 Å². The Morgan fingerprint density at radius 3 is 2.45 bits per heavy atom. The van der Waals surface area contributed by atoms with Gasteiger partial charge in [0.15, 0.2) is 0 Å². The van der Waals surface area contributed by atoms with Crippen molar-refractivity contribution in [2.45, 2.75) is 0 Å². The number of carbonyl (C=O) groups is 1. The number of hydrogen-bond donors (Lipinski definition) is 1. The van der Waals surface area contributed by atoms with E-state index in [0.29, 0.717) is 5.69 Å². The van der Waals surface area contributed by atoms with Crippen LogP contribution in [0.25, 0.3) is 0 Å². The summed E-state index contributed by atoms with van der Waals surface area (Å²) in [7, 11) is 0. The molecule has 1 amide bonds. The third-order valence-corrected chi connectivity index (χ3v) is 3.27. The molecule has 1 N–H and O–H groups in total. The Labute approximate surface area is 127 Å². The number of hydrogen-bond acceptors (Lipinski definition) is 3. The first-order valence-electron chi connectivity index (χ1n) is 5.48. The van der Waals surface area contributed by atoms with Gasteiger partial charge in [0.1, 0.15) is 5.56 Å².